The Hall–Kier alpha value is -1.06. The van der Waals surface area contributed by atoms with Crippen molar-refractivity contribution in [3.8, 4) is 0 Å². The fourth-order valence-corrected chi connectivity index (χ4v) is 2.16. The highest BCUT2D eigenvalue weighted by Gasteiger charge is 2.34. The Morgan fingerprint density at radius 1 is 1.24 bits per heavy atom. The van der Waals surface area contributed by atoms with Crippen LogP contribution in [-0.4, -0.2) is 34.5 Å². The highest BCUT2D eigenvalue weighted by Crippen LogP contribution is 2.25. The second-order valence-electron chi connectivity index (χ2n) is 5.48. The van der Waals surface area contributed by atoms with E-state index < -0.39 is 11.9 Å². The largest absolute Gasteiger partial charge is 0.481 e. The highest BCUT2D eigenvalue weighted by atomic mass is 16.4. The van der Waals surface area contributed by atoms with Crippen LogP contribution in [-0.2, 0) is 9.59 Å². The van der Waals surface area contributed by atoms with E-state index in [0.717, 1.165) is 6.42 Å². The number of nitrogens with zero attached hydrogens (tertiary/aromatic N) is 1. The number of amides is 1. The van der Waals surface area contributed by atoms with E-state index >= 15 is 0 Å². The summed E-state index contributed by atoms with van der Waals surface area (Å²) in [7, 11) is 0. The van der Waals surface area contributed by atoms with Gasteiger partial charge in [0.2, 0.25) is 5.91 Å². The van der Waals surface area contributed by atoms with Crippen LogP contribution >= 0.6 is 0 Å². The highest BCUT2D eigenvalue weighted by molar-refractivity contribution is 5.80. The van der Waals surface area contributed by atoms with Crippen molar-refractivity contribution in [3.63, 3.8) is 0 Å². The number of rotatable bonds is 3. The fourth-order valence-electron chi connectivity index (χ4n) is 2.16. The summed E-state index contributed by atoms with van der Waals surface area (Å²) in [5, 5.41) is 9.03. The standard InChI is InChI=1S/C13H23NO3/c1-8(2)10(4)12(15)14-7-11(13(16)17)6-5-9(14)3/h8-11H,5-7H2,1-4H3,(H,16,17). The molecule has 1 saturated heterocycles. The Morgan fingerprint density at radius 2 is 1.82 bits per heavy atom. The van der Waals surface area contributed by atoms with Crippen molar-refractivity contribution in [2.24, 2.45) is 17.8 Å². The van der Waals surface area contributed by atoms with Gasteiger partial charge >= 0.3 is 5.97 Å². The summed E-state index contributed by atoms with van der Waals surface area (Å²) < 4.78 is 0. The van der Waals surface area contributed by atoms with Crippen LogP contribution in [0.3, 0.4) is 0 Å². The number of aliphatic carboxylic acids is 1. The van der Waals surface area contributed by atoms with Gasteiger partial charge in [0.1, 0.15) is 0 Å². The van der Waals surface area contributed by atoms with Crippen molar-refractivity contribution in [1.29, 1.82) is 0 Å². The molecule has 0 bridgehead atoms. The van der Waals surface area contributed by atoms with E-state index in [1.54, 1.807) is 4.90 Å². The molecular formula is C13H23NO3. The molecule has 1 aliphatic heterocycles. The summed E-state index contributed by atoms with van der Waals surface area (Å²) in [6.45, 7) is 8.33. The molecule has 0 saturated carbocycles. The maximum Gasteiger partial charge on any atom is 0.308 e. The molecule has 1 N–H and O–H groups in total. The summed E-state index contributed by atoms with van der Waals surface area (Å²) in [6.07, 6.45) is 1.46. The first-order valence-electron chi connectivity index (χ1n) is 6.37. The molecule has 1 rings (SSSR count). The second-order valence-corrected chi connectivity index (χ2v) is 5.48. The van der Waals surface area contributed by atoms with Crippen LogP contribution in [0.5, 0.6) is 0 Å². The number of carbonyl (C=O) groups is 2. The van der Waals surface area contributed by atoms with Gasteiger partial charge in [-0.05, 0) is 25.7 Å². The molecule has 0 aromatic carbocycles. The zero-order chi connectivity index (χ0) is 13.2. The van der Waals surface area contributed by atoms with Gasteiger partial charge in [0.05, 0.1) is 5.92 Å². The molecule has 1 heterocycles. The summed E-state index contributed by atoms with van der Waals surface area (Å²) in [5.74, 6) is -0.829. The van der Waals surface area contributed by atoms with E-state index in [4.69, 9.17) is 5.11 Å². The first-order chi connectivity index (χ1) is 7.84. The summed E-state index contributed by atoms with van der Waals surface area (Å²) in [5.41, 5.74) is 0. The Labute approximate surface area is 103 Å². The topological polar surface area (TPSA) is 57.6 Å². The predicted octanol–water partition coefficient (Wildman–Crippen LogP) is 1.99. The van der Waals surface area contributed by atoms with Crippen LogP contribution in [0.1, 0.15) is 40.5 Å². The molecule has 4 heteroatoms. The van der Waals surface area contributed by atoms with Gasteiger partial charge in [0.25, 0.3) is 0 Å². The monoisotopic (exact) mass is 241 g/mol. The third-order valence-corrected chi connectivity index (χ3v) is 3.90. The van der Waals surface area contributed by atoms with Crippen LogP contribution in [0, 0.1) is 17.8 Å². The summed E-state index contributed by atoms with van der Waals surface area (Å²) in [6, 6.07) is 0.166. The zero-order valence-electron chi connectivity index (χ0n) is 11.1. The number of carbonyl (C=O) groups excluding carboxylic acids is 1. The number of carboxylic acid groups (broad SMARTS) is 1. The number of hydrogen-bond acceptors (Lipinski definition) is 2. The van der Waals surface area contributed by atoms with Gasteiger partial charge in [-0.2, -0.15) is 0 Å². The molecule has 1 fully saturated rings. The fraction of sp³-hybridized carbons (Fsp3) is 0.846. The van der Waals surface area contributed by atoms with Crippen LogP contribution in [0.2, 0.25) is 0 Å². The van der Waals surface area contributed by atoms with E-state index in [0.29, 0.717) is 18.9 Å². The van der Waals surface area contributed by atoms with Crippen LogP contribution in [0.15, 0.2) is 0 Å². The molecule has 0 aromatic heterocycles. The molecule has 17 heavy (non-hydrogen) atoms. The second kappa shape index (κ2) is 5.52. The van der Waals surface area contributed by atoms with E-state index in [-0.39, 0.29) is 17.9 Å². The molecule has 4 nitrogen and oxygen atoms in total. The van der Waals surface area contributed by atoms with Crippen molar-refractivity contribution in [1.82, 2.24) is 4.90 Å². The Bertz CT molecular complexity index is 301. The average Bonchev–Trinajstić information content (AvgIpc) is 2.27. The normalized spacial score (nSPS) is 27.0. The van der Waals surface area contributed by atoms with Gasteiger partial charge in [0, 0.05) is 18.5 Å². The minimum Gasteiger partial charge on any atom is -0.481 e. The number of piperidine rings is 1. The molecule has 0 aliphatic carbocycles. The van der Waals surface area contributed by atoms with Crippen LogP contribution in [0.4, 0.5) is 0 Å². The molecule has 3 atom stereocenters. The van der Waals surface area contributed by atoms with Gasteiger partial charge in [-0.3, -0.25) is 9.59 Å². The van der Waals surface area contributed by atoms with E-state index in [2.05, 4.69) is 0 Å². The van der Waals surface area contributed by atoms with Crippen molar-refractivity contribution in [3.05, 3.63) is 0 Å². The first kappa shape index (κ1) is 14.0. The lowest BCUT2D eigenvalue weighted by Gasteiger charge is -2.38. The predicted molar refractivity (Wildman–Crippen MR) is 65.5 cm³/mol. The molecule has 0 radical (unpaired) electrons. The molecular weight excluding hydrogens is 218 g/mol. The van der Waals surface area contributed by atoms with Crippen molar-refractivity contribution >= 4 is 11.9 Å². The maximum atomic E-state index is 12.3. The lowest BCUT2D eigenvalue weighted by Crippen LogP contribution is -2.49. The van der Waals surface area contributed by atoms with E-state index in [1.165, 1.54) is 0 Å². The summed E-state index contributed by atoms with van der Waals surface area (Å²) >= 11 is 0. The third kappa shape index (κ3) is 3.20. The van der Waals surface area contributed by atoms with Gasteiger partial charge < -0.3 is 10.0 Å². The first-order valence-corrected chi connectivity index (χ1v) is 6.37. The molecule has 0 aromatic rings. The molecule has 3 unspecified atom stereocenters. The smallest absolute Gasteiger partial charge is 0.308 e. The van der Waals surface area contributed by atoms with E-state index in [1.807, 2.05) is 27.7 Å². The van der Waals surface area contributed by atoms with Crippen LogP contribution < -0.4 is 0 Å². The minimum atomic E-state index is -0.785. The van der Waals surface area contributed by atoms with Crippen molar-refractivity contribution in [2.75, 3.05) is 6.54 Å². The van der Waals surface area contributed by atoms with Crippen molar-refractivity contribution in [2.45, 2.75) is 46.6 Å². The molecule has 0 spiro atoms. The Morgan fingerprint density at radius 3 is 2.29 bits per heavy atom. The maximum absolute atomic E-state index is 12.3. The van der Waals surface area contributed by atoms with Gasteiger partial charge in [-0.25, -0.2) is 0 Å². The Balaban J connectivity index is 2.73. The van der Waals surface area contributed by atoms with Crippen molar-refractivity contribution < 1.29 is 14.7 Å². The third-order valence-electron chi connectivity index (χ3n) is 3.90. The van der Waals surface area contributed by atoms with E-state index in [9.17, 15) is 9.59 Å². The molecule has 98 valence electrons. The SMILES string of the molecule is CC(C)C(C)C(=O)N1CC(C(=O)O)CCC1C. The molecule has 1 amide bonds. The lowest BCUT2D eigenvalue weighted by molar-refractivity contribution is -0.149. The number of likely N-dealkylation sites (tertiary alicyclic amines) is 1. The molecule has 1 aliphatic rings. The quantitative estimate of drug-likeness (QED) is 0.822. The van der Waals surface area contributed by atoms with Gasteiger partial charge in [-0.1, -0.05) is 20.8 Å². The average molecular weight is 241 g/mol. The number of hydrogen-bond donors (Lipinski definition) is 1. The van der Waals surface area contributed by atoms with Gasteiger partial charge in [0.15, 0.2) is 0 Å². The minimum absolute atomic E-state index is 0.0370. The Kier molecular flexibility index (Phi) is 4.54. The summed E-state index contributed by atoms with van der Waals surface area (Å²) in [4.78, 5) is 25.0. The van der Waals surface area contributed by atoms with Gasteiger partial charge in [-0.15, -0.1) is 0 Å². The lowest BCUT2D eigenvalue weighted by atomic mass is 9.90. The van der Waals surface area contributed by atoms with Crippen LogP contribution in [0.25, 0.3) is 0 Å². The number of carboxylic acids is 1. The zero-order valence-corrected chi connectivity index (χ0v) is 11.1.